The molecule has 0 bridgehead atoms. The van der Waals surface area contributed by atoms with E-state index in [9.17, 15) is 0 Å². The molecule has 11 heavy (non-hydrogen) atoms. The molecular formula is C8H13N3. The van der Waals surface area contributed by atoms with E-state index in [0.29, 0.717) is 17.1 Å². The average Bonchev–Trinajstić information content (AvgIpc) is 1.96. The molecule has 60 valence electrons. The number of hydrogen-bond acceptors (Lipinski definition) is 3. The molecule has 0 spiro atoms. The van der Waals surface area contributed by atoms with E-state index in [1.165, 1.54) is 0 Å². The summed E-state index contributed by atoms with van der Waals surface area (Å²) in [5.74, 6) is 0. The molecule has 0 aromatic heterocycles. The SMILES string of the molecule is CCc1cc(N)cc(N)c1N. The maximum Gasteiger partial charge on any atom is 0.0581 e. The fraction of sp³-hybridized carbons (Fsp3) is 0.250. The molecule has 6 N–H and O–H groups in total. The van der Waals surface area contributed by atoms with Gasteiger partial charge in [-0.3, -0.25) is 0 Å². The van der Waals surface area contributed by atoms with Crippen LogP contribution in [0.2, 0.25) is 0 Å². The number of rotatable bonds is 1. The van der Waals surface area contributed by atoms with Crippen molar-refractivity contribution in [3.8, 4) is 0 Å². The van der Waals surface area contributed by atoms with Gasteiger partial charge in [0.15, 0.2) is 0 Å². The molecule has 0 fully saturated rings. The van der Waals surface area contributed by atoms with E-state index in [-0.39, 0.29) is 0 Å². The minimum Gasteiger partial charge on any atom is -0.399 e. The van der Waals surface area contributed by atoms with Gasteiger partial charge in [-0.25, -0.2) is 0 Å². The van der Waals surface area contributed by atoms with Gasteiger partial charge in [0.2, 0.25) is 0 Å². The summed E-state index contributed by atoms with van der Waals surface area (Å²) >= 11 is 0. The van der Waals surface area contributed by atoms with E-state index in [4.69, 9.17) is 17.2 Å². The molecule has 1 rings (SSSR count). The van der Waals surface area contributed by atoms with E-state index in [1.54, 1.807) is 6.07 Å². The predicted molar refractivity (Wildman–Crippen MR) is 49.1 cm³/mol. The van der Waals surface area contributed by atoms with Crippen LogP contribution in [0.4, 0.5) is 17.1 Å². The summed E-state index contributed by atoms with van der Waals surface area (Å²) in [6, 6.07) is 3.53. The monoisotopic (exact) mass is 151 g/mol. The molecule has 0 amide bonds. The van der Waals surface area contributed by atoms with Crippen LogP contribution < -0.4 is 17.2 Å². The quantitative estimate of drug-likeness (QED) is 0.524. The molecule has 0 aliphatic heterocycles. The summed E-state index contributed by atoms with van der Waals surface area (Å²) < 4.78 is 0. The fourth-order valence-corrected chi connectivity index (χ4v) is 1.06. The highest BCUT2D eigenvalue weighted by molar-refractivity contribution is 5.72. The summed E-state index contributed by atoms with van der Waals surface area (Å²) in [7, 11) is 0. The molecule has 0 aliphatic carbocycles. The van der Waals surface area contributed by atoms with E-state index >= 15 is 0 Å². The molecule has 0 unspecified atom stereocenters. The van der Waals surface area contributed by atoms with Crippen molar-refractivity contribution < 1.29 is 0 Å². The highest BCUT2D eigenvalue weighted by atomic mass is 14.7. The van der Waals surface area contributed by atoms with Crippen molar-refractivity contribution >= 4 is 17.1 Å². The second-order valence-corrected chi connectivity index (χ2v) is 2.54. The van der Waals surface area contributed by atoms with Crippen molar-refractivity contribution in [2.75, 3.05) is 17.2 Å². The first-order chi connectivity index (χ1) is 5.15. The topological polar surface area (TPSA) is 78.1 Å². The van der Waals surface area contributed by atoms with Crippen LogP contribution in [0.3, 0.4) is 0 Å². The van der Waals surface area contributed by atoms with Gasteiger partial charge < -0.3 is 17.2 Å². The molecular weight excluding hydrogens is 138 g/mol. The molecule has 3 nitrogen and oxygen atoms in total. The Bertz CT molecular complexity index is 268. The van der Waals surface area contributed by atoms with Crippen molar-refractivity contribution in [2.24, 2.45) is 0 Å². The third-order valence-electron chi connectivity index (χ3n) is 1.70. The number of nitrogens with two attached hydrogens (primary N) is 3. The summed E-state index contributed by atoms with van der Waals surface area (Å²) in [6.45, 7) is 2.02. The van der Waals surface area contributed by atoms with Gasteiger partial charge in [-0.2, -0.15) is 0 Å². The predicted octanol–water partition coefficient (Wildman–Crippen LogP) is 0.996. The average molecular weight is 151 g/mol. The highest BCUT2D eigenvalue weighted by Gasteiger charge is 2.01. The minimum absolute atomic E-state index is 0.571. The first-order valence-corrected chi connectivity index (χ1v) is 3.58. The first kappa shape index (κ1) is 7.72. The molecule has 1 aromatic rings. The van der Waals surface area contributed by atoms with Gasteiger partial charge in [-0.05, 0) is 24.1 Å². The van der Waals surface area contributed by atoms with Crippen LogP contribution in [-0.2, 0) is 6.42 Å². The molecule has 0 atom stereocenters. The Kier molecular flexibility index (Phi) is 1.89. The van der Waals surface area contributed by atoms with Gasteiger partial charge in [-0.1, -0.05) is 6.92 Å². The van der Waals surface area contributed by atoms with Gasteiger partial charge in [-0.15, -0.1) is 0 Å². The maximum absolute atomic E-state index is 5.68. The highest BCUT2D eigenvalue weighted by Crippen LogP contribution is 2.23. The number of anilines is 3. The number of aryl methyl sites for hydroxylation is 1. The lowest BCUT2D eigenvalue weighted by molar-refractivity contribution is 1.15. The molecule has 1 aromatic carbocycles. The smallest absolute Gasteiger partial charge is 0.0581 e. The molecule has 0 aliphatic rings. The largest absolute Gasteiger partial charge is 0.399 e. The summed E-state index contributed by atoms with van der Waals surface area (Å²) in [6.07, 6.45) is 0.862. The zero-order valence-corrected chi connectivity index (χ0v) is 6.59. The first-order valence-electron chi connectivity index (χ1n) is 3.58. The van der Waals surface area contributed by atoms with E-state index in [2.05, 4.69) is 0 Å². The zero-order chi connectivity index (χ0) is 8.43. The lowest BCUT2D eigenvalue weighted by Gasteiger charge is -2.06. The standard InChI is InChI=1S/C8H13N3/c1-2-5-3-6(9)4-7(10)8(5)11/h3-4H,2,9-11H2,1H3. The Hall–Kier alpha value is -1.38. The second kappa shape index (κ2) is 2.70. The van der Waals surface area contributed by atoms with Gasteiger partial charge in [0, 0.05) is 5.69 Å². The number of hydrogen-bond donors (Lipinski definition) is 3. The van der Waals surface area contributed by atoms with Gasteiger partial charge >= 0.3 is 0 Å². The van der Waals surface area contributed by atoms with Crippen LogP contribution in [0.25, 0.3) is 0 Å². The maximum atomic E-state index is 5.68. The van der Waals surface area contributed by atoms with Gasteiger partial charge in [0.05, 0.1) is 11.4 Å². The summed E-state index contributed by atoms with van der Waals surface area (Å²) in [5.41, 5.74) is 19.8. The van der Waals surface area contributed by atoms with Crippen LogP contribution in [-0.4, -0.2) is 0 Å². The third-order valence-corrected chi connectivity index (χ3v) is 1.70. The van der Waals surface area contributed by atoms with Crippen LogP contribution in [0.1, 0.15) is 12.5 Å². The van der Waals surface area contributed by atoms with Gasteiger partial charge in [0.1, 0.15) is 0 Å². The lowest BCUT2D eigenvalue weighted by Crippen LogP contribution is -2.00. The summed E-state index contributed by atoms with van der Waals surface area (Å²) in [4.78, 5) is 0. The minimum atomic E-state index is 0.571. The van der Waals surface area contributed by atoms with Crippen LogP contribution in [0.15, 0.2) is 12.1 Å². The Labute approximate surface area is 66.2 Å². The van der Waals surface area contributed by atoms with Crippen molar-refractivity contribution in [3.63, 3.8) is 0 Å². The number of benzene rings is 1. The van der Waals surface area contributed by atoms with E-state index < -0.39 is 0 Å². The fourth-order valence-electron chi connectivity index (χ4n) is 1.06. The molecule has 0 radical (unpaired) electrons. The Morgan fingerprint density at radius 3 is 2.36 bits per heavy atom. The van der Waals surface area contributed by atoms with Crippen molar-refractivity contribution in [3.05, 3.63) is 17.7 Å². The van der Waals surface area contributed by atoms with Crippen molar-refractivity contribution in [2.45, 2.75) is 13.3 Å². The molecule has 0 heterocycles. The van der Waals surface area contributed by atoms with Gasteiger partial charge in [0.25, 0.3) is 0 Å². The van der Waals surface area contributed by atoms with E-state index in [1.807, 2.05) is 13.0 Å². The van der Waals surface area contributed by atoms with Crippen LogP contribution >= 0.6 is 0 Å². The molecule has 0 saturated heterocycles. The van der Waals surface area contributed by atoms with Crippen molar-refractivity contribution in [1.29, 1.82) is 0 Å². The molecule has 3 heteroatoms. The third kappa shape index (κ3) is 1.37. The lowest BCUT2D eigenvalue weighted by atomic mass is 10.1. The van der Waals surface area contributed by atoms with E-state index in [0.717, 1.165) is 12.0 Å². The summed E-state index contributed by atoms with van der Waals surface area (Å²) in [5, 5.41) is 0. The Morgan fingerprint density at radius 2 is 1.82 bits per heavy atom. The molecule has 0 saturated carbocycles. The normalized spacial score (nSPS) is 9.91. The number of nitrogen functional groups attached to an aromatic ring is 3. The van der Waals surface area contributed by atoms with Crippen LogP contribution in [0, 0.1) is 0 Å². The Balaban J connectivity index is 3.24. The van der Waals surface area contributed by atoms with Crippen molar-refractivity contribution in [1.82, 2.24) is 0 Å². The zero-order valence-electron chi connectivity index (χ0n) is 6.59. The van der Waals surface area contributed by atoms with Crippen LogP contribution in [0.5, 0.6) is 0 Å². The Morgan fingerprint density at radius 1 is 1.18 bits per heavy atom. The second-order valence-electron chi connectivity index (χ2n) is 2.54.